The first kappa shape index (κ1) is 27.5. The molecule has 0 unspecified atom stereocenters. The molecular formula is C26H33FN8O4. The lowest BCUT2D eigenvalue weighted by Crippen LogP contribution is -2.49. The minimum Gasteiger partial charge on any atom is -0.495 e. The average molecular weight is 541 g/mol. The summed E-state index contributed by atoms with van der Waals surface area (Å²) in [5, 5.41) is 5.90. The van der Waals surface area contributed by atoms with Crippen molar-refractivity contribution in [2.24, 2.45) is 5.73 Å². The molecule has 0 saturated carbocycles. The summed E-state index contributed by atoms with van der Waals surface area (Å²) in [7, 11) is 3.01. The Morgan fingerprint density at radius 3 is 2.36 bits per heavy atom. The smallest absolute Gasteiger partial charge is 0.409 e. The van der Waals surface area contributed by atoms with Crippen LogP contribution in [0.5, 0.6) is 17.2 Å². The van der Waals surface area contributed by atoms with Crippen molar-refractivity contribution in [2.45, 2.75) is 19.9 Å². The number of nitrogens with two attached hydrogens (primary N) is 2. The van der Waals surface area contributed by atoms with Gasteiger partial charge in [-0.05, 0) is 32.0 Å². The summed E-state index contributed by atoms with van der Waals surface area (Å²) in [5.74, 6) is 0.271. The number of primary amides is 1. The van der Waals surface area contributed by atoms with E-state index in [1.54, 1.807) is 13.2 Å². The Bertz CT molecular complexity index is 1330. The van der Waals surface area contributed by atoms with Gasteiger partial charge in [0.15, 0.2) is 11.6 Å². The molecule has 6 N–H and O–H groups in total. The largest absolute Gasteiger partial charge is 0.495 e. The highest BCUT2D eigenvalue weighted by Crippen LogP contribution is 2.37. The van der Waals surface area contributed by atoms with E-state index in [0.29, 0.717) is 34.6 Å². The van der Waals surface area contributed by atoms with Crippen molar-refractivity contribution in [2.75, 3.05) is 61.7 Å². The van der Waals surface area contributed by atoms with Gasteiger partial charge < -0.3 is 41.2 Å². The van der Waals surface area contributed by atoms with E-state index < -0.39 is 11.9 Å². The SMILES string of the molecule is COc1cc(N2CCN(C(C)C)CC2)c(N)cc1Nc1ncc(F)c(Nc2cc(OC(N)=O)ccc2OC)n1. The van der Waals surface area contributed by atoms with Crippen molar-refractivity contribution in [3.63, 3.8) is 0 Å². The molecule has 208 valence electrons. The first-order valence-corrected chi connectivity index (χ1v) is 12.4. The van der Waals surface area contributed by atoms with Crippen molar-refractivity contribution in [1.29, 1.82) is 0 Å². The number of benzene rings is 2. The van der Waals surface area contributed by atoms with Gasteiger partial charge in [-0.1, -0.05) is 0 Å². The Morgan fingerprint density at radius 1 is 1.03 bits per heavy atom. The van der Waals surface area contributed by atoms with Gasteiger partial charge in [-0.15, -0.1) is 0 Å². The molecule has 1 amide bonds. The zero-order valence-electron chi connectivity index (χ0n) is 22.3. The number of ether oxygens (including phenoxy) is 3. The fourth-order valence-electron chi connectivity index (χ4n) is 4.33. The minimum absolute atomic E-state index is 0.0957. The Kier molecular flexibility index (Phi) is 8.39. The number of piperazine rings is 1. The third kappa shape index (κ3) is 6.49. The average Bonchev–Trinajstić information content (AvgIpc) is 2.90. The fraction of sp³-hybridized carbons (Fsp3) is 0.346. The molecule has 3 aromatic rings. The zero-order valence-corrected chi connectivity index (χ0v) is 22.3. The molecule has 4 rings (SSSR count). The van der Waals surface area contributed by atoms with Crippen LogP contribution in [-0.2, 0) is 0 Å². The van der Waals surface area contributed by atoms with Gasteiger partial charge in [0.25, 0.3) is 0 Å². The number of hydrogen-bond acceptors (Lipinski definition) is 11. The third-order valence-electron chi connectivity index (χ3n) is 6.37. The van der Waals surface area contributed by atoms with Crippen molar-refractivity contribution < 1.29 is 23.4 Å². The second kappa shape index (κ2) is 11.9. The molecule has 2 aromatic carbocycles. The number of aromatic nitrogens is 2. The molecule has 39 heavy (non-hydrogen) atoms. The number of nitrogens with one attached hydrogen (secondary N) is 2. The maximum atomic E-state index is 14.7. The van der Waals surface area contributed by atoms with Crippen LogP contribution in [0.1, 0.15) is 13.8 Å². The van der Waals surface area contributed by atoms with Gasteiger partial charge in [-0.3, -0.25) is 4.90 Å². The van der Waals surface area contributed by atoms with E-state index >= 15 is 0 Å². The summed E-state index contributed by atoms with van der Waals surface area (Å²) in [4.78, 5) is 24.1. The van der Waals surface area contributed by atoms with E-state index in [1.807, 2.05) is 6.07 Å². The molecule has 0 spiro atoms. The molecule has 0 bridgehead atoms. The predicted molar refractivity (Wildman–Crippen MR) is 148 cm³/mol. The molecule has 0 aliphatic carbocycles. The number of carbonyl (C=O) groups excluding carboxylic acids is 1. The lowest BCUT2D eigenvalue weighted by Gasteiger charge is -2.38. The number of hydrogen-bond donors (Lipinski definition) is 4. The highest BCUT2D eigenvalue weighted by molar-refractivity contribution is 5.79. The summed E-state index contributed by atoms with van der Waals surface area (Å²) in [6, 6.07) is 8.58. The second-order valence-corrected chi connectivity index (χ2v) is 9.15. The zero-order chi connectivity index (χ0) is 28.1. The topological polar surface area (TPSA) is 153 Å². The van der Waals surface area contributed by atoms with E-state index in [2.05, 4.69) is 44.2 Å². The van der Waals surface area contributed by atoms with Crippen LogP contribution in [0.3, 0.4) is 0 Å². The van der Waals surface area contributed by atoms with Crippen LogP contribution in [-0.4, -0.2) is 67.4 Å². The molecule has 0 radical (unpaired) electrons. The molecular weight excluding hydrogens is 507 g/mol. The summed E-state index contributed by atoms with van der Waals surface area (Å²) >= 11 is 0. The van der Waals surface area contributed by atoms with Crippen LogP contribution in [0.25, 0.3) is 0 Å². The number of anilines is 6. The van der Waals surface area contributed by atoms with E-state index in [1.165, 1.54) is 25.3 Å². The summed E-state index contributed by atoms with van der Waals surface area (Å²) in [6.45, 7) is 7.98. The molecule has 13 heteroatoms. The summed E-state index contributed by atoms with van der Waals surface area (Å²) in [5.41, 5.74) is 13.8. The summed E-state index contributed by atoms with van der Waals surface area (Å²) in [6.07, 6.45) is 0.0367. The van der Waals surface area contributed by atoms with E-state index in [0.717, 1.165) is 38.1 Å². The number of amides is 1. The number of rotatable bonds is 9. The molecule has 1 aliphatic rings. The quantitative estimate of drug-likeness (QED) is 0.294. The minimum atomic E-state index is -0.983. The monoisotopic (exact) mass is 540 g/mol. The van der Waals surface area contributed by atoms with Gasteiger partial charge in [-0.25, -0.2) is 14.2 Å². The van der Waals surface area contributed by atoms with Crippen LogP contribution < -0.4 is 41.2 Å². The van der Waals surface area contributed by atoms with Gasteiger partial charge >= 0.3 is 6.09 Å². The predicted octanol–water partition coefficient (Wildman–Crippen LogP) is 3.69. The number of halogens is 1. The third-order valence-corrected chi connectivity index (χ3v) is 6.37. The molecule has 2 heterocycles. The fourth-order valence-corrected chi connectivity index (χ4v) is 4.33. The normalized spacial score (nSPS) is 13.7. The van der Waals surface area contributed by atoms with Crippen LogP contribution in [0, 0.1) is 5.82 Å². The highest BCUT2D eigenvalue weighted by Gasteiger charge is 2.22. The van der Waals surface area contributed by atoms with Crippen LogP contribution in [0.2, 0.25) is 0 Å². The number of methoxy groups -OCH3 is 2. The molecule has 0 atom stereocenters. The molecule has 1 aliphatic heterocycles. The number of nitrogens with zero attached hydrogens (tertiary/aromatic N) is 4. The Morgan fingerprint density at radius 2 is 1.72 bits per heavy atom. The van der Waals surface area contributed by atoms with Crippen LogP contribution in [0.4, 0.5) is 43.7 Å². The van der Waals surface area contributed by atoms with Gasteiger partial charge in [-0.2, -0.15) is 4.98 Å². The van der Waals surface area contributed by atoms with Crippen LogP contribution >= 0.6 is 0 Å². The van der Waals surface area contributed by atoms with Gasteiger partial charge in [0.2, 0.25) is 5.95 Å². The van der Waals surface area contributed by atoms with Crippen molar-refractivity contribution in [1.82, 2.24) is 14.9 Å². The van der Waals surface area contributed by atoms with E-state index in [9.17, 15) is 9.18 Å². The van der Waals surface area contributed by atoms with Crippen LogP contribution in [0.15, 0.2) is 36.5 Å². The van der Waals surface area contributed by atoms with Crippen molar-refractivity contribution >= 4 is 40.6 Å². The van der Waals surface area contributed by atoms with Crippen molar-refractivity contribution in [3.05, 3.63) is 42.3 Å². The van der Waals surface area contributed by atoms with E-state index in [4.69, 9.17) is 25.7 Å². The highest BCUT2D eigenvalue weighted by atomic mass is 19.1. The Balaban J connectivity index is 1.56. The molecule has 1 fully saturated rings. The first-order chi connectivity index (χ1) is 18.7. The molecule has 12 nitrogen and oxygen atoms in total. The van der Waals surface area contributed by atoms with E-state index in [-0.39, 0.29) is 17.5 Å². The van der Waals surface area contributed by atoms with Gasteiger partial charge in [0.05, 0.1) is 43.2 Å². The Hall–Kier alpha value is -4.52. The first-order valence-electron chi connectivity index (χ1n) is 12.4. The second-order valence-electron chi connectivity index (χ2n) is 9.15. The van der Waals surface area contributed by atoms with Crippen molar-refractivity contribution in [3.8, 4) is 17.2 Å². The van der Waals surface area contributed by atoms with Gasteiger partial charge in [0.1, 0.15) is 17.2 Å². The number of carbonyl (C=O) groups is 1. The summed E-state index contributed by atoms with van der Waals surface area (Å²) < 4.78 is 30.5. The number of nitrogen functional groups attached to an aromatic ring is 1. The molecule has 1 aromatic heterocycles. The maximum absolute atomic E-state index is 14.7. The lowest BCUT2D eigenvalue weighted by atomic mass is 10.1. The maximum Gasteiger partial charge on any atom is 0.409 e. The standard InChI is InChI=1S/C26H33FN8O4/c1-15(2)34-7-9-35(10-8-34)21-13-23(38-4)20(12-18(21)28)32-26-30-14-17(27)24(33-26)31-19-11-16(39-25(29)36)5-6-22(19)37-3/h5-6,11-15H,7-10,28H2,1-4H3,(H2,29,36)(H2,30,31,32,33). The molecule has 1 saturated heterocycles. The lowest BCUT2D eigenvalue weighted by molar-refractivity contribution is 0.209. The Labute approximate surface area is 226 Å². The van der Waals surface area contributed by atoms with Gasteiger partial charge in [0, 0.05) is 44.4 Å².